The van der Waals surface area contributed by atoms with E-state index in [1.807, 2.05) is 6.92 Å². The molecule has 1 unspecified atom stereocenters. The van der Waals surface area contributed by atoms with Crippen LogP contribution in [0.1, 0.15) is 61.9 Å². The lowest BCUT2D eigenvalue weighted by molar-refractivity contribution is 0.0925. The number of hydrogen-bond acceptors (Lipinski definition) is 8. The van der Waals surface area contributed by atoms with E-state index in [0.29, 0.717) is 23.6 Å². The van der Waals surface area contributed by atoms with Crippen LogP contribution in [-0.4, -0.2) is 65.7 Å². The number of anilines is 1. The number of amides is 2. The molecule has 0 fully saturated rings. The summed E-state index contributed by atoms with van der Waals surface area (Å²) < 4.78 is 10.3. The maximum absolute atomic E-state index is 12.6. The molecule has 0 radical (unpaired) electrons. The number of ether oxygens (including phenoxy) is 2. The van der Waals surface area contributed by atoms with Crippen LogP contribution in [0.2, 0.25) is 0 Å². The third-order valence-corrected chi connectivity index (χ3v) is 5.99. The van der Waals surface area contributed by atoms with Gasteiger partial charge in [-0.1, -0.05) is 0 Å². The fourth-order valence-electron chi connectivity index (χ4n) is 3.48. The van der Waals surface area contributed by atoms with E-state index in [4.69, 9.17) is 9.47 Å². The quantitative estimate of drug-likeness (QED) is 0.451. The molecule has 33 heavy (non-hydrogen) atoms. The maximum atomic E-state index is 12.6. The summed E-state index contributed by atoms with van der Waals surface area (Å²) in [4.78, 5) is 31.8. The van der Waals surface area contributed by atoms with E-state index in [-0.39, 0.29) is 34.1 Å². The van der Waals surface area contributed by atoms with Crippen molar-refractivity contribution in [2.24, 2.45) is 0 Å². The predicted molar refractivity (Wildman–Crippen MR) is 130 cm³/mol. The number of phenolic OH excluding ortho intramolecular Hbond substituents is 1. The molecule has 1 atom stereocenters. The number of phenols is 1. The van der Waals surface area contributed by atoms with Crippen LogP contribution >= 0.6 is 11.3 Å². The zero-order valence-electron chi connectivity index (χ0n) is 20.3. The molecule has 10 heteroatoms. The fourth-order valence-corrected chi connectivity index (χ4v) is 4.16. The first-order valence-corrected chi connectivity index (χ1v) is 11.7. The number of methoxy groups -OCH3 is 2. The molecule has 0 bridgehead atoms. The van der Waals surface area contributed by atoms with Gasteiger partial charge in [-0.05, 0) is 41.0 Å². The lowest BCUT2D eigenvalue weighted by atomic mass is 10.1. The summed E-state index contributed by atoms with van der Waals surface area (Å²) >= 11 is 1.13. The molecule has 2 amide bonds. The van der Waals surface area contributed by atoms with Crippen molar-refractivity contribution in [2.75, 3.05) is 26.1 Å². The van der Waals surface area contributed by atoms with Gasteiger partial charge in [0.15, 0.2) is 16.6 Å². The smallest absolute Gasteiger partial charge is 0.271 e. The highest BCUT2D eigenvalue weighted by Crippen LogP contribution is 2.34. The Kier molecular flexibility index (Phi) is 9.48. The van der Waals surface area contributed by atoms with Crippen LogP contribution in [0.5, 0.6) is 17.2 Å². The van der Waals surface area contributed by atoms with Crippen LogP contribution in [0.4, 0.5) is 5.13 Å². The van der Waals surface area contributed by atoms with Crippen molar-refractivity contribution < 1.29 is 24.2 Å². The van der Waals surface area contributed by atoms with E-state index in [9.17, 15) is 14.7 Å². The number of aromatic nitrogens is 1. The molecule has 1 aromatic heterocycles. The Labute approximate surface area is 199 Å². The van der Waals surface area contributed by atoms with Crippen molar-refractivity contribution in [1.29, 1.82) is 0 Å². The summed E-state index contributed by atoms with van der Waals surface area (Å²) in [5.74, 6) is -0.522. The van der Waals surface area contributed by atoms with Gasteiger partial charge in [0.25, 0.3) is 11.8 Å². The van der Waals surface area contributed by atoms with Crippen molar-refractivity contribution in [2.45, 2.75) is 59.2 Å². The van der Waals surface area contributed by atoms with E-state index in [2.05, 4.69) is 48.2 Å². The van der Waals surface area contributed by atoms with Crippen LogP contribution in [0.15, 0.2) is 17.5 Å². The topological polar surface area (TPSA) is 113 Å². The largest absolute Gasteiger partial charge is 0.507 e. The average Bonchev–Trinajstić information content (AvgIpc) is 3.21. The summed E-state index contributed by atoms with van der Waals surface area (Å²) in [7, 11) is 2.87. The molecule has 0 spiro atoms. The van der Waals surface area contributed by atoms with Crippen LogP contribution in [0.3, 0.4) is 0 Å². The lowest BCUT2D eigenvalue weighted by Gasteiger charge is -2.31. The molecule has 182 valence electrons. The zero-order chi connectivity index (χ0) is 24.7. The number of benzene rings is 1. The molecular weight excluding hydrogens is 444 g/mol. The van der Waals surface area contributed by atoms with Gasteiger partial charge in [-0.2, -0.15) is 0 Å². The van der Waals surface area contributed by atoms with E-state index >= 15 is 0 Å². The van der Waals surface area contributed by atoms with E-state index in [0.717, 1.165) is 24.3 Å². The van der Waals surface area contributed by atoms with Crippen molar-refractivity contribution in [3.8, 4) is 17.2 Å². The molecule has 0 saturated carbocycles. The Hall–Kier alpha value is -2.85. The molecule has 3 N–H and O–H groups in total. The second kappa shape index (κ2) is 11.9. The number of aromatic hydroxyl groups is 1. The number of rotatable bonds is 11. The van der Waals surface area contributed by atoms with Gasteiger partial charge < -0.3 is 19.9 Å². The van der Waals surface area contributed by atoms with Crippen LogP contribution < -0.4 is 20.1 Å². The summed E-state index contributed by atoms with van der Waals surface area (Å²) in [5, 5.41) is 17.6. The predicted octanol–water partition coefficient (Wildman–Crippen LogP) is 3.75. The standard InChI is InChI=1S/C23H34N4O5S/c1-13(2)27(14(3)4)9-8-15(5)24-22(30)17-12-33-23(25-17)26-21(29)16-10-19(31-6)20(32-7)11-18(16)28/h10-15,28H,8-9H2,1-7H3,(H,24,30)(H,25,26,29). The first kappa shape index (κ1) is 26.4. The molecule has 2 aromatic rings. The van der Waals surface area contributed by atoms with Crippen molar-refractivity contribution in [3.05, 3.63) is 28.8 Å². The second-order valence-corrected chi connectivity index (χ2v) is 9.16. The molecule has 0 aliphatic rings. The SMILES string of the molecule is COc1cc(O)c(C(=O)Nc2nc(C(=O)NC(C)CCN(C(C)C)C(C)C)cs2)cc1OC. The Morgan fingerprint density at radius 1 is 1.06 bits per heavy atom. The molecule has 0 aliphatic heterocycles. The highest BCUT2D eigenvalue weighted by molar-refractivity contribution is 7.14. The highest BCUT2D eigenvalue weighted by atomic mass is 32.1. The first-order valence-electron chi connectivity index (χ1n) is 10.9. The number of hydrogen-bond donors (Lipinski definition) is 3. The molecule has 9 nitrogen and oxygen atoms in total. The Bertz CT molecular complexity index is 952. The fraction of sp³-hybridized carbons (Fsp3) is 0.522. The number of nitrogens with zero attached hydrogens (tertiary/aromatic N) is 2. The van der Waals surface area contributed by atoms with Gasteiger partial charge in [-0.25, -0.2) is 4.98 Å². The van der Waals surface area contributed by atoms with Crippen LogP contribution in [0, 0.1) is 0 Å². The third-order valence-electron chi connectivity index (χ3n) is 5.23. The van der Waals surface area contributed by atoms with Gasteiger partial charge in [0, 0.05) is 42.2 Å². The highest BCUT2D eigenvalue weighted by Gasteiger charge is 2.20. The Morgan fingerprint density at radius 3 is 2.24 bits per heavy atom. The van der Waals surface area contributed by atoms with Crippen molar-refractivity contribution in [1.82, 2.24) is 15.2 Å². The van der Waals surface area contributed by atoms with Crippen molar-refractivity contribution >= 4 is 28.3 Å². The van der Waals surface area contributed by atoms with Crippen LogP contribution in [0.25, 0.3) is 0 Å². The maximum Gasteiger partial charge on any atom is 0.271 e. The van der Waals surface area contributed by atoms with E-state index in [1.165, 1.54) is 26.4 Å². The minimum atomic E-state index is -0.578. The number of carbonyl (C=O) groups is 2. The first-order chi connectivity index (χ1) is 15.6. The molecular formula is C23H34N4O5S. The van der Waals surface area contributed by atoms with E-state index in [1.54, 1.807) is 5.38 Å². The van der Waals surface area contributed by atoms with Gasteiger partial charge in [-0.15, -0.1) is 11.3 Å². The number of nitrogens with one attached hydrogen (secondary N) is 2. The minimum absolute atomic E-state index is 0.00216. The van der Waals surface area contributed by atoms with Gasteiger partial charge in [0.1, 0.15) is 11.4 Å². The summed E-state index contributed by atoms with van der Waals surface area (Å²) in [6, 6.07) is 3.52. The average molecular weight is 479 g/mol. The normalized spacial score (nSPS) is 12.2. The third kappa shape index (κ3) is 7.06. The zero-order valence-corrected chi connectivity index (χ0v) is 21.1. The lowest BCUT2D eigenvalue weighted by Crippen LogP contribution is -2.41. The monoisotopic (exact) mass is 478 g/mol. The Balaban J connectivity index is 1.99. The number of thiazole rings is 1. The molecule has 2 rings (SSSR count). The van der Waals surface area contributed by atoms with Gasteiger partial charge in [0.05, 0.1) is 19.8 Å². The molecule has 1 aromatic carbocycles. The number of carbonyl (C=O) groups excluding carboxylic acids is 2. The molecule has 0 saturated heterocycles. The van der Waals surface area contributed by atoms with Gasteiger partial charge >= 0.3 is 0 Å². The van der Waals surface area contributed by atoms with Crippen LogP contribution in [-0.2, 0) is 0 Å². The Morgan fingerprint density at radius 2 is 1.67 bits per heavy atom. The van der Waals surface area contributed by atoms with Gasteiger partial charge in [-0.3, -0.25) is 19.8 Å². The van der Waals surface area contributed by atoms with E-state index < -0.39 is 5.91 Å². The summed E-state index contributed by atoms with van der Waals surface area (Å²) in [6.07, 6.45) is 0.814. The van der Waals surface area contributed by atoms with Gasteiger partial charge in [0.2, 0.25) is 0 Å². The second-order valence-electron chi connectivity index (χ2n) is 8.30. The summed E-state index contributed by atoms with van der Waals surface area (Å²) in [6.45, 7) is 11.5. The minimum Gasteiger partial charge on any atom is -0.507 e. The molecule has 1 heterocycles. The molecule has 0 aliphatic carbocycles. The summed E-state index contributed by atoms with van der Waals surface area (Å²) in [5.41, 5.74) is 0.227. The van der Waals surface area contributed by atoms with Crippen molar-refractivity contribution in [3.63, 3.8) is 0 Å².